The van der Waals surface area contributed by atoms with Crippen LogP contribution in [0, 0.1) is 0 Å². The SMILES string of the molecule is O=c1[nH]c(C2CCOCC2)nc(O)c1-c1ccc(Br)cc1. The lowest BCUT2D eigenvalue weighted by Crippen LogP contribution is -2.21. The van der Waals surface area contributed by atoms with Crippen LogP contribution in [0.1, 0.15) is 24.6 Å². The quantitative estimate of drug-likeness (QED) is 0.873. The zero-order chi connectivity index (χ0) is 14.8. The summed E-state index contributed by atoms with van der Waals surface area (Å²) in [7, 11) is 0. The first-order valence-electron chi connectivity index (χ1n) is 6.82. The number of nitrogens with one attached hydrogen (secondary N) is 1. The van der Waals surface area contributed by atoms with Crippen molar-refractivity contribution >= 4 is 15.9 Å². The number of halogens is 1. The molecule has 0 amide bonds. The van der Waals surface area contributed by atoms with Crippen LogP contribution in [0.25, 0.3) is 11.1 Å². The van der Waals surface area contributed by atoms with Gasteiger partial charge >= 0.3 is 0 Å². The number of nitrogens with zero attached hydrogens (tertiary/aromatic N) is 1. The number of H-pyrrole nitrogens is 1. The third-order valence-corrected chi connectivity index (χ3v) is 4.19. The van der Waals surface area contributed by atoms with Gasteiger partial charge in [0.15, 0.2) is 0 Å². The van der Waals surface area contributed by atoms with Gasteiger partial charge in [-0.25, -0.2) is 0 Å². The molecule has 0 saturated carbocycles. The Hall–Kier alpha value is -1.66. The minimum atomic E-state index is -0.314. The maximum Gasteiger partial charge on any atom is 0.262 e. The van der Waals surface area contributed by atoms with E-state index in [0.29, 0.717) is 24.6 Å². The number of rotatable bonds is 2. The van der Waals surface area contributed by atoms with Gasteiger partial charge in [-0.3, -0.25) is 4.79 Å². The molecule has 5 nitrogen and oxygen atoms in total. The molecule has 1 aliphatic rings. The van der Waals surface area contributed by atoms with Gasteiger partial charge in [-0.2, -0.15) is 4.98 Å². The topological polar surface area (TPSA) is 75.2 Å². The van der Waals surface area contributed by atoms with Crippen LogP contribution in [0.3, 0.4) is 0 Å². The molecule has 1 aromatic heterocycles. The van der Waals surface area contributed by atoms with E-state index in [9.17, 15) is 9.90 Å². The molecule has 0 aliphatic carbocycles. The smallest absolute Gasteiger partial charge is 0.262 e. The molecule has 21 heavy (non-hydrogen) atoms. The fourth-order valence-corrected chi connectivity index (χ4v) is 2.78. The van der Waals surface area contributed by atoms with Crippen molar-refractivity contribution in [1.82, 2.24) is 9.97 Å². The van der Waals surface area contributed by atoms with Gasteiger partial charge in [0.05, 0.1) is 0 Å². The van der Waals surface area contributed by atoms with E-state index in [0.717, 1.165) is 17.3 Å². The highest BCUT2D eigenvalue weighted by Gasteiger charge is 2.21. The Bertz CT molecular complexity index is 691. The van der Waals surface area contributed by atoms with E-state index in [4.69, 9.17) is 4.74 Å². The molecule has 0 spiro atoms. The Morgan fingerprint density at radius 2 is 1.90 bits per heavy atom. The van der Waals surface area contributed by atoms with Gasteiger partial charge in [0.2, 0.25) is 5.88 Å². The lowest BCUT2D eigenvalue weighted by Gasteiger charge is -2.21. The van der Waals surface area contributed by atoms with Gasteiger partial charge in [-0.05, 0) is 30.5 Å². The maximum absolute atomic E-state index is 12.3. The number of aromatic amines is 1. The summed E-state index contributed by atoms with van der Waals surface area (Å²) in [5.74, 6) is 0.459. The van der Waals surface area contributed by atoms with E-state index in [-0.39, 0.29) is 22.9 Å². The third-order valence-electron chi connectivity index (χ3n) is 3.66. The van der Waals surface area contributed by atoms with Crippen molar-refractivity contribution in [2.45, 2.75) is 18.8 Å². The second kappa shape index (κ2) is 5.99. The van der Waals surface area contributed by atoms with Crippen LogP contribution in [0.2, 0.25) is 0 Å². The lowest BCUT2D eigenvalue weighted by molar-refractivity contribution is 0.0834. The maximum atomic E-state index is 12.3. The van der Waals surface area contributed by atoms with Crippen LogP contribution < -0.4 is 5.56 Å². The van der Waals surface area contributed by atoms with E-state index in [2.05, 4.69) is 25.9 Å². The third kappa shape index (κ3) is 3.01. The molecule has 1 aromatic carbocycles. The number of ether oxygens (including phenoxy) is 1. The number of aromatic hydroxyl groups is 1. The number of hydrogen-bond acceptors (Lipinski definition) is 4. The monoisotopic (exact) mass is 350 g/mol. The van der Waals surface area contributed by atoms with Gasteiger partial charge < -0.3 is 14.8 Å². The summed E-state index contributed by atoms with van der Waals surface area (Å²) in [6.45, 7) is 1.31. The molecule has 1 fully saturated rings. The number of benzene rings is 1. The Morgan fingerprint density at radius 1 is 1.24 bits per heavy atom. The highest BCUT2D eigenvalue weighted by atomic mass is 79.9. The average Bonchev–Trinajstić information content (AvgIpc) is 2.49. The fraction of sp³-hybridized carbons (Fsp3) is 0.333. The van der Waals surface area contributed by atoms with Crippen molar-refractivity contribution in [3.63, 3.8) is 0 Å². The molecule has 2 N–H and O–H groups in total. The normalized spacial score (nSPS) is 16.0. The first-order chi connectivity index (χ1) is 10.1. The largest absolute Gasteiger partial charge is 0.493 e. The number of aromatic nitrogens is 2. The Morgan fingerprint density at radius 3 is 2.52 bits per heavy atom. The van der Waals surface area contributed by atoms with E-state index >= 15 is 0 Å². The molecular weight excluding hydrogens is 336 g/mol. The van der Waals surface area contributed by atoms with E-state index in [1.807, 2.05) is 12.1 Å². The van der Waals surface area contributed by atoms with Crippen molar-refractivity contribution in [2.24, 2.45) is 0 Å². The molecule has 0 unspecified atom stereocenters. The minimum absolute atomic E-state index is 0.135. The zero-order valence-corrected chi connectivity index (χ0v) is 12.9. The van der Waals surface area contributed by atoms with Crippen molar-refractivity contribution < 1.29 is 9.84 Å². The van der Waals surface area contributed by atoms with E-state index in [1.165, 1.54) is 0 Å². The lowest BCUT2D eigenvalue weighted by atomic mass is 9.99. The second-order valence-electron chi connectivity index (χ2n) is 5.04. The van der Waals surface area contributed by atoms with Gasteiger partial charge in [-0.15, -0.1) is 0 Å². The summed E-state index contributed by atoms with van der Waals surface area (Å²) < 4.78 is 6.21. The molecule has 1 saturated heterocycles. The summed E-state index contributed by atoms with van der Waals surface area (Å²) in [5, 5.41) is 10.2. The highest BCUT2D eigenvalue weighted by Crippen LogP contribution is 2.28. The zero-order valence-electron chi connectivity index (χ0n) is 11.3. The number of hydrogen-bond donors (Lipinski definition) is 2. The molecule has 1 aliphatic heterocycles. The van der Waals surface area contributed by atoms with E-state index in [1.54, 1.807) is 12.1 Å². The summed E-state index contributed by atoms with van der Waals surface area (Å²) in [6.07, 6.45) is 1.61. The molecule has 3 rings (SSSR count). The standard InChI is InChI=1S/C15H15BrN2O3/c16-11-3-1-9(2-4-11)12-14(19)17-13(18-15(12)20)10-5-7-21-8-6-10/h1-4,10H,5-8H2,(H2,17,18,19,20). The molecule has 6 heteroatoms. The first kappa shape index (κ1) is 14.3. The van der Waals surface area contributed by atoms with E-state index < -0.39 is 0 Å². The van der Waals surface area contributed by atoms with Crippen LogP contribution in [-0.4, -0.2) is 28.3 Å². The van der Waals surface area contributed by atoms with Gasteiger partial charge in [-0.1, -0.05) is 28.1 Å². The summed E-state index contributed by atoms with van der Waals surface area (Å²) >= 11 is 3.34. The molecule has 0 radical (unpaired) electrons. The highest BCUT2D eigenvalue weighted by molar-refractivity contribution is 9.10. The van der Waals surface area contributed by atoms with Crippen molar-refractivity contribution in [2.75, 3.05) is 13.2 Å². The summed E-state index contributed by atoms with van der Waals surface area (Å²) in [6, 6.07) is 7.18. The van der Waals surface area contributed by atoms with Crippen LogP contribution in [0.4, 0.5) is 0 Å². The van der Waals surface area contributed by atoms with Crippen molar-refractivity contribution in [1.29, 1.82) is 0 Å². The summed E-state index contributed by atoms with van der Waals surface area (Å²) in [5.41, 5.74) is 0.535. The fourth-order valence-electron chi connectivity index (χ4n) is 2.52. The minimum Gasteiger partial charge on any atom is -0.493 e. The van der Waals surface area contributed by atoms with Crippen molar-refractivity contribution in [3.05, 3.63) is 44.9 Å². The molecule has 2 aromatic rings. The van der Waals surface area contributed by atoms with Crippen LogP contribution in [0.5, 0.6) is 5.88 Å². The van der Waals surface area contributed by atoms with Crippen LogP contribution >= 0.6 is 15.9 Å². The molecule has 0 bridgehead atoms. The molecule has 110 valence electrons. The van der Waals surface area contributed by atoms with Crippen LogP contribution in [-0.2, 0) is 4.74 Å². The predicted octanol–water partition coefficient (Wildman–Crippen LogP) is 2.80. The van der Waals surface area contributed by atoms with Gasteiger partial charge in [0.25, 0.3) is 5.56 Å². The molecule has 0 atom stereocenters. The summed E-state index contributed by atoms with van der Waals surface area (Å²) in [4.78, 5) is 19.3. The van der Waals surface area contributed by atoms with Gasteiger partial charge in [0.1, 0.15) is 11.4 Å². The Kier molecular flexibility index (Phi) is 4.07. The van der Waals surface area contributed by atoms with Crippen molar-refractivity contribution in [3.8, 4) is 17.0 Å². The molecule has 2 heterocycles. The Balaban J connectivity index is 2.00. The average molecular weight is 351 g/mol. The Labute approximate surface area is 130 Å². The predicted molar refractivity (Wildman–Crippen MR) is 82.5 cm³/mol. The van der Waals surface area contributed by atoms with Crippen LogP contribution in [0.15, 0.2) is 33.5 Å². The van der Waals surface area contributed by atoms with Gasteiger partial charge in [0, 0.05) is 23.6 Å². The molecular formula is C15H15BrN2O3. The first-order valence-corrected chi connectivity index (χ1v) is 7.61. The second-order valence-corrected chi connectivity index (χ2v) is 5.96.